The van der Waals surface area contributed by atoms with E-state index in [4.69, 9.17) is 23.2 Å². The van der Waals surface area contributed by atoms with E-state index in [0.717, 1.165) is 29.3 Å². The number of allylic oxidation sites excluding steroid dienone is 4. The summed E-state index contributed by atoms with van der Waals surface area (Å²) >= 11 is 14.0. The molecule has 296 valence electrons. The molecular formula is C51H50Cl4Si2Zr-2. The standard InChI is InChI=1S/C31H31Cl2Si2.C15H14.C5H5.2ClH.Zr/c1-34(2,3)30-18-26-22(16-28(30)20-7-11-24(32)12-8-20)15-23-17-29(21-9-13-25(33)14-10-21)31(19-27(23)26)35(4,5)6;1-3-8-14(9-4-1)12-7-13-15-10-5-2-6-11-15;1-2-4-5-3-1;;;/h7-19H,1-6H3;1-6,8-11H,12-13H2;1-3H,4H2;2*1H;/q-1;;-1;;;+2/p-2. The first-order valence-corrected chi connectivity index (χ1v) is 28.3. The Labute approximate surface area is 385 Å². The van der Waals surface area contributed by atoms with E-state index in [0.29, 0.717) is 0 Å². The first-order chi connectivity index (χ1) is 26.8. The molecule has 0 fully saturated rings. The summed E-state index contributed by atoms with van der Waals surface area (Å²) in [6.45, 7) is 14.6. The number of hydrogen-bond acceptors (Lipinski definition) is 0. The van der Waals surface area contributed by atoms with Crippen molar-refractivity contribution in [2.75, 3.05) is 0 Å². The van der Waals surface area contributed by atoms with Crippen LogP contribution in [0.3, 0.4) is 0 Å². The third-order valence-electron chi connectivity index (χ3n) is 10.0. The van der Waals surface area contributed by atoms with Crippen molar-refractivity contribution >= 4 is 74.5 Å². The first kappa shape index (κ1) is 47.7. The average Bonchev–Trinajstić information content (AvgIpc) is 3.87. The fourth-order valence-corrected chi connectivity index (χ4v) is 11.6. The molecule has 0 unspecified atom stereocenters. The van der Waals surface area contributed by atoms with Crippen molar-refractivity contribution in [1.82, 2.24) is 0 Å². The Morgan fingerprint density at radius 3 is 1.29 bits per heavy atom. The van der Waals surface area contributed by atoms with E-state index in [1.54, 1.807) is 27.4 Å². The van der Waals surface area contributed by atoms with Crippen molar-refractivity contribution in [2.24, 2.45) is 0 Å². The van der Waals surface area contributed by atoms with Crippen molar-refractivity contribution in [3.05, 3.63) is 185 Å². The Bertz CT molecular complexity index is 2300. The van der Waals surface area contributed by atoms with Gasteiger partial charge in [0.1, 0.15) is 0 Å². The maximum absolute atomic E-state index is 6.21. The van der Waals surface area contributed by atoms with Crippen LogP contribution in [0.15, 0.2) is 158 Å². The van der Waals surface area contributed by atoms with Crippen molar-refractivity contribution in [1.29, 1.82) is 0 Å². The van der Waals surface area contributed by atoms with Gasteiger partial charge >= 0.3 is 112 Å². The van der Waals surface area contributed by atoms with Gasteiger partial charge in [-0.15, -0.1) is 46.2 Å². The number of hydrogen-bond donors (Lipinski definition) is 0. The summed E-state index contributed by atoms with van der Waals surface area (Å²) in [5.74, 6) is 0. The van der Waals surface area contributed by atoms with E-state index in [2.05, 4.69) is 167 Å². The quantitative estimate of drug-likeness (QED) is 0.107. The summed E-state index contributed by atoms with van der Waals surface area (Å²) in [5, 5.41) is 9.90. The third-order valence-corrected chi connectivity index (χ3v) is 15.4. The van der Waals surface area contributed by atoms with E-state index in [1.165, 1.54) is 65.3 Å². The maximum atomic E-state index is 6.21. The summed E-state index contributed by atoms with van der Waals surface area (Å²) in [5.41, 5.74) is 8.00. The Hall–Kier alpha value is -2.98. The molecule has 7 heteroatoms. The topological polar surface area (TPSA) is 0 Å². The van der Waals surface area contributed by atoms with Gasteiger partial charge in [-0.25, -0.2) is 12.2 Å². The van der Waals surface area contributed by atoms with E-state index in [9.17, 15) is 0 Å². The van der Waals surface area contributed by atoms with Gasteiger partial charge in [0.05, 0.1) is 16.1 Å². The zero-order valence-electron chi connectivity index (χ0n) is 34.1. The second-order valence-electron chi connectivity index (χ2n) is 16.6. The molecule has 1 aliphatic rings. The second-order valence-corrected chi connectivity index (χ2v) is 29.2. The van der Waals surface area contributed by atoms with Crippen LogP contribution in [0, 0.1) is 6.08 Å². The van der Waals surface area contributed by atoms with Gasteiger partial charge in [-0.3, -0.25) is 6.08 Å². The Morgan fingerprint density at radius 1 is 0.586 bits per heavy atom. The summed E-state index contributed by atoms with van der Waals surface area (Å²) in [6.07, 6.45) is 12.2. The first-order valence-electron chi connectivity index (χ1n) is 19.4. The van der Waals surface area contributed by atoms with Crippen molar-refractivity contribution in [3.63, 3.8) is 0 Å². The minimum atomic E-state index is -1.61. The van der Waals surface area contributed by atoms with Gasteiger partial charge < -0.3 is 24.8 Å². The van der Waals surface area contributed by atoms with Gasteiger partial charge in [0.15, 0.2) is 0 Å². The van der Waals surface area contributed by atoms with Crippen LogP contribution >= 0.6 is 23.2 Å². The summed E-state index contributed by atoms with van der Waals surface area (Å²) in [7, 11) is -3.22. The van der Waals surface area contributed by atoms with Crippen LogP contribution in [0.1, 0.15) is 17.5 Å². The van der Waals surface area contributed by atoms with Crippen molar-refractivity contribution in [3.8, 4) is 22.3 Å². The fourth-order valence-electron chi connectivity index (χ4n) is 7.17. The predicted molar refractivity (Wildman–Crippen MR) is 251 cm³/mol. The van der Waals surface area contributed by atoms with Gasteiger partial charge in [0.25, 0.3) is 0 Å². The number of halogens is 4. The van der Waals surface area contributed by atoms with E-state index >= 15 is 0 Å². The zero-order valence-corrected chi connectivity index (χ0v) is 41.6. The van der Waals surface area contributed by atoms with Gasteiger partial charge in [-0.1, -0.05) is 120 Å². The van der Waals surface area contributed by atoms with E-state index < -0.39 is 16.1 Å². The van der Waals surface area contributed by atoms with Crippen molar-refractivity contribution < 1.29 is 49.0 Å². The molecule has 0 aromatic heterocycles. The minimum absolute atomic E-state index is 0. The zero-order chi connectivity index (χ0) is 39.9. The third kappa shape index (κ3) is 12.8. The molecule has 0 radical (unpaired) electrons. The molecule has 7 aromatic carbocycles. The monoisotopic (exact) mass is 948 g/mol. The average molecular weight is 952 g/mol. The van der Waals surface area contributed by atoms with Crippen LogP contribution in [0.4, 0.5) is 0 Å². The molecule has 0 N–H and O–H groups in total. The summed E-state index contributed by atoms with van der Waals surface area (Å²) in [4.78, 5) is 0. The van der Waals surface area contributed by atoms with Gasteiger partial charge in [-0.2, -0.15) is 6.08 Å². The molecule has 0 atom stereocenters. The SMILES string of the molecule is C[Si](C)(C)c1cc2c(cc1-c1ccc(Cl)cc1)[cH-]c1cc(-c3ccc(Cl)cc3)c([Si](C)(C)C)cc12.[C-]1=CC=CC1.[Cl-].[Cl-].[Zr+2]=[C](Cc1ccccc1)Cc1ccccc1. The molecular weight excluding hydrogens is 902 g/mol. The van der Waals surface area contributed by atoms with E-state index in [-0.39, 0.29) is 24.8 Å². The van der Waals surface area contributed by atoms with Crippen LogP contribution in [-0.4, -0.2) is 19.4 Å². The van der Waals surface area contributed by atoms with Crippen LogP contribution in [-0.2, 0) is 37.1 Å². The van der Waals surface area contributed by atoms with Gasteiger partial charge in [-0.05, 0) is 35.4 Å². The molecule has 0 nitrogen and oxygen atoms in total. The molecule has 58 heavy (non-hydrogen) atoms. The molecule has 0 bridgehead atoms. The number of rotatable bonds is 8. The summed E-state index contributed by atoms with van der Waals surface area (Å²) in [6, 6.07) is 50.1. The molecule has 7 aromatic rings. The summed E-state index contributed by atoms with van der Waals surface area (Å²) < 4.78 is 1.60. The van der Waals surface area contributed by atoms with Crippen LogP contribution in [0.2, 0.25) is 49.3 Å². The van der Waals surface area contributed by atoms with Crippen LogP contribution in [0.25, 0.3) is 43.8 Å². The Kier molecular flexibility index (Phi) is 17.7. The molecule has 0 saturated carbocycles. The molecule has 0 spiro atoms. The molecule has 8 rings (SSSR count). The number of fused-ring (bicyclic) bond motifs is 3. The molecule has 0 saturated heterocycles. The number of benzene rings is 6. The molecule has 1 aliphatic carbocycles. The van der Waals surface area contributed by atoms with Crippen molar-refractivity contribution in [2.45, 2.75) is 58.5 Å². The fraction of sp³-hybridized carbons (Fsp3) is 0.176. The van der Waals surface area contributed by atoms with E-state index in [1.807, 2.05) is 36.4 Å². The Morgan fingerprint density at radius 2 is 0.983 bits per heavy atom. The second kappa shape index (κ2) is 21.5. The van der Waals surface area contributed by atoms with Crippen LogP contribution in [0.5, 0.6) is 0 Å². The van der Waals surface area contributed by atoms with Crippen LogP contribution < -0.4 is 35.2 Å². The van der Waals surface area contributed by atoms with Gasteiger partial charge in [0.2, 0.25) is 0 Å². The van der Waals surface area contributed by atoms with Gasteiger partial charge in [0, 0.05) is 10.0 Å². The predicted octanol–water partition coefficient (Wildman–Crippen LogP) is 7.95. The molecule has 0 aliphatic heterocycles. The Balaban J connectivity index is 0.000000268. The molecule has 0 amide bonds. The molecule has 0 heterocycles. The normalized spacial score (nSPS) is 11.9.